The van der Waals surface area contributed by atoms with E-state index in [1.165, 1.54) is 4.57 Å². The lowest BCUT2D eigenvalue weighted by Gasteiger charge is -2.13. The average molecular weight is 298 g/mol. The van der Waals surface area contributed by atoms with Crippen LogP contribution in [-0.2, 0) is 11.3 Å². The lowest BCUT2D eigenvalue weighted by molar-refractivity contribution is 0.186. The van der Waals surface area contributed by atoms with Crippen molar-refractivity contribution in [1.29, 1.82) is 0 Å². The number of methoxy groups -OCH3 is 1. The highest BCUT2D eigenvalue weighted by Gasteiger charge is 2.11. The van der Waals surface area contributed by atoms with Gasteiger partial charge in [0.1, 0.15) is 11.5 Å². The zero-order valence-electron chi connectivity index (χ0n) is 13.1. The van der Waals surface area contributed by atoms with Crippen LogP contribution in [0.25, 0.3) is 0 Å². The molecule has 0 aliphatic rings. The normalized spacial score (nSPS) is 11.0. The first kappa shape index (κ1) is 17.3. The largest absolute Gasteiger partial charge is 0.383 e. The van der Waals surface area contributed by atoms with Crippen LogP contribution in [0.1, 0.15) is 33.1 Å². The van der Waals surface area contributed by atoms with Crippen LogP contribution in [-0.4, -0.2) is 29.8 Å². The number of nitrogens with one attached hydrogen (secondary N) is 2. The minimum Gasteiger partial charge on any atom is -0.383 e. The molecule has 1 aromatic rings. The first-order valence-corrected chi connectivity index (χ1v) is 7.32. The Hall–Kier alpha value is -1.76. The van der Waals surface area contributed by atoms with Crippen molar-refractivity contribution in [2.24, 2.45) is 5.92 Å². The third-order valence-corrected chi connectivity index (χ3v) is 3.27. The Bertz CT molecular complexity index is 548. The summed E-state index contributed by atoms with van der Waals surface area (Å²) in [5.41, 5.74) is 5.18. The van der Waals surface area contributed by atoms with Crippen LogP contribution >= 0.6 is 0 Å². The topological polar surface area (TPSA) is 102 Å². The van der Waals surface area contributed by atoms with Gasteiger partial charge in [0.2, 0.25) is 0 Å². The quantitative estimate of drug-likeness (QED) is 0.590. The Morgan fingerprint density at radius 3 is 2.67 bits per heavy atom. The molecule has 120 valence electrons. The molecule has 7 nitrogen and oxygen atoms in total. The second-order valence-corrected chi connectivity index (χ2v) is 5.48. The minimum absolute atomic E-state index is 0.157. The van der Waals surface area contributed by atoms with Crippen molar-refractivity contribution in [1.82, 2.24) is 9.55 Å². The molecule has 0 fully saturated rings. The molecule has 0 aliphatic carbocycles. The third kappa shape index (κ3) is 5.26. The molecule has 4 N–H and O–H groups in total. The number of aromatic amines is 1. The standard InChI is InChI=1S/C14H26N4O3/c1-10(2)6-4-5-7-16-11-12(15)18(8-9-21-3)14(20)17-13(11)19/h10,16H,4-9,15H2,1-3H3,(H,17,19,20). The van der Waals surface area contributed by atoms with E-state index in [2.05, 4.69) is 24.1 Å². The van der Waals surface area contributed by atoms with Gasteiger partial charge in [-0.05, 0) is 12.3 Å². The van der Waals surface area contributed by atoms with Gasteiger partial charge in [0.15, 0.2) is 0 Å². The van der Waals surface area contributed by atoms with Gasteiger partial charge in [0, 0.05) is 13.7 Å². The van der Waals surface area contributed by atoms with Crippen molar-refractivity contribution in [2.75, 3.05) is 31.3 Å². The molecule has 0 radical (unpaired) electrons. The summed E-state index contributed by atoms with van der Waals surface area (Å²) in [6.07, 6.45) is 3.20. The zero-order chi connectivity index (χ0) is 15.8. The van der Waals surface area contributed by atoms with Gasteiger partial charge in [-0.3, -0.25) is 14.3 Å². The Balaban J connectivity index is 2.73. The van der Waals surface area contributed by atoms with Gasteiger partial charge in [-0.25, -0.2) is 4.79 Å². The summed E-state index contributed by atoms with van der Waals surface area (Å²) in [5.74, 6) is 0.832. The van der Waals surface area contributed by atoms with Gasteiger partial charge in [-0.15, -0.1) is 0 Å². The highest BCUT2D eigenvalue weighted by molar-refractivity contribution is 5.60. The van der Waals surface area contributed by atoms with E-state index in [9.17, 15) is 9.59 Å². The van der Waals surface area contributed by atoms with Crippen LogP contribution in [0.15, 0.2) is 9.59 Å². The van der Waals surface area contributed by atoms with E-state index >= 15 is 0 Å². The van der Waals surface area contributed by atoms with Gasteiger partial charge in [-0.1, -0.05) is 26.7 Å². The van der Waals surface area contributed by atoms with Crippen LogP contribution in [0.2, 0.25) is 0 Å². The maximum Gasteiger partial charge on any atom is 0.330 e. The number of H-pyrrole nitrogens is 1. The third-order valence-electron chi connectivity index (χ3n) is 3.27. The second kappa shape index (κ2) is 8.51. The fourth-order valence-corrected chi connectivity index (χ4v) is 2.05. The molecular weight excluding hydrogens is 272 g/mol. The summed E-state index contributed by atoms with van der Waals surface area (Å²) in [6.45, 7) is 5.68. The molecule has 0 aromatic carbocycles. The maximum absolute atomic E-state index is 11.8. The summed E-state index contributed by atoms with van der Waals surface area (Å²) >= 11 is 0. The summed E-state index contributed by atoms with van der Waals surface area (Å²) in [5, 5.41) is 3.03. The molecular formula is C14H26N4O3. The lowest BCUT2D eigenvalue weighted by Crippen LogP contribution is -2.35. The van der Waals surface area contributed by atoms with E-state index in [4.69, 9.17) is 10.5 Å². The number of hydrogen-bond donors (Lipinski definition) is 3. The van der Waals surface area contributed by atoms with Gasteiger partial charge in [0.25, 0.3) is 5.56 Å². The van der Waals surface area contributed by atoms with Gasteiger partial charge >= 0.3 is 5.69 Å². The number of rotatable bonds is 9. The van der Waals surface area contributed by atoms with Crippen LogP contribution in [0.3, 0.4) is 0 Å². The summed E-state index contributed by atoms with van der Waals surface area (Å²) in [6, 6.07) is 0. The summed E-state index contributed by atoms with van der Waals surface area (Å²) < 4.78 is 6.24. The molecule has 0 amide bonds. The van der Waals surface area contributed by atoms with Crippen molar-refractivity contribution in [3.63, 3.8) is 0 Å². The smallest absolute Gasteiger partial charge is 0.330 e. The van der Waals surface area contributed by atoms with Crippen molar-refractivity contribution in [2.45, 2.75) is 39.7 Å². The van der Waals surface area contributed by atoms with E-state index in [-0.39, 0.29) is 11.5 Å². The number of anilines is 2. The monoisotopic (exact) mass is 298 g/mol. The van der Waals surface area contributed by atoms with Crippen molar-refractivity contribution < 1.29 is 4.74 Å². The number of ether oxygens (including phenoxy) is 1. The van der Waals surface area contributed by atoms with Gasteiger partial charge < -0.3 is 15.8 Å². The Morgan fingerprint density at radius 2 is 2.05 bits per heavy atom. The molecule has 1 heterocycles. The highest BCUT2D eigenvalue weighted by atomic mass is 16.5. The van der Waals surface area contributed by atoms with E-state index in [0.717, 1.165) is 19.3 Å². The fraction of sp³-hybridized carbons (Fsp3) is 0.714. The number of aromatic nitrogens is 2. The summed E-state index contributed by atoms with van der Waals surface area (Å²) in [4.78, 5) is 25.8. The fourth-order valence-electron chi connectivity index (χ4n) is 2.05. The molecule has 0 spiro atoms. The SMILES string of the molecule is COCCn1c(N)c(NCCCCC(C)C)c(=O)[nH]c1=O. The highest BCUT2D eigenvalue weighted by Crippen LogP contribution is 2.11. The van der Waals surface area contributed by atoms with Gasteiger partial charge in [-0.2, -0.15) is 0 Å². The predicted molar refractivity (Wildman–Crippen MR) is 84.8 cm³/mol. The average Bonchev–Trinajstić information content (AvgIpc) is 2.41. The van der Waals surface area contributed by atoms with Crippen LogP contribution in [0, 0.1) is 5.92 Å². The van der Waals surface area contributed by atoms with Crippen molar-refractivity contribution in [3.05, 3.63) is 20.8 Å². The molecule has 7 heteroatoms. The Kier molecular flexibility index (Phi) is 7.01. The molecule has 0 bridgehead atoms. The Labute approximate surface area is 124 Å². The first-order chi connectivity index (χ1) is 9.97. The number of unbranched alkanes of at least 4 members (excludes halogenated alkanes) is 1. The molecule has 0 atom stereocenters. The Morgan fingerprint density at radius 1 is 1.33 bits per heavy atom. The molecule has 0 saturated heterocycles. The number of nitrogens with zero attached hydrogens (tertiary/aromatic N) is 1. The zero-order valence-corrected chi connectivity index (χ0v) is 13.1. The van der Waals surface area contributed by atoms with E-state index in [0.29, 0.717) is 25.6 Å². The summed E-state index contributed by atoms with van der Waals surface area (Å²) in [7, 11) is 1.54. The second-order valence-electron chi connectivity index (χ2n) is 5.48. The van der Waals surface area contributed by atoms with E-state index < -0.39 is 11.2 Å². The van der Waals surface area contributed by atoms with Crippen LogP contribution in [0.4, 0.5) is 11.5 Å². The van der Waals surface area contributed by atoms with Crippen molar-refractivity contribution in [3.8, 4) is 0 Å². The first-order valence-electron chi connectivity index (χ1n) is 7.32. The van der Waals surface area contributed by atoms with Gasteiger partial charge in [0.05, 0.1) is 13.2 Å². The van der Waals surface area contributed by atoms with E-state index in [1.807, 2.05) is 0 Å². The molecule has 21 heavy (non-hydrogen) atoms. The van der Waals surface area contributed by atoms with E-state index in [1.54, 1.807) is 7.11 Å². The molecule has 1 rings (SSSR count). The number of nitrogen functional groups attached to an aromatic ring is 1. The van der Waals surface area contributed by atoms with Crippen molar-refractivity contribution >= 4 is 11.5 Å². The molecule has 0 unspecified atom stereocenters. The molecule has 1 aromatic heterocycles. The predicted octanol–water partition coefficient (Wildman–Crippen LogP) is 1.00. The number of hydrogen-bond acceptors (Lipinski definition) is 5. The number of nitrogens with two attached hydrogens (primary N) is 1. The lowest BCUT2D eigenvalue weighted by atomic mass is 10.1. The maximum atomic E-state index is 11.8. The minimum atomic E-state index is -0.514. The molecule has 0 saturated carbocycles. The van der Waals surface area contributed by atoms with Crippen LogP contribution in [0.5, 0.6) is 0 Å². The van der Waals surface area contributed by atoms with Crippen LogP contribution < -0.4 is 22.3 Å². The molecule has 0 aliphatic heterocycles.